The zero-order chi connectivity index (χ0) is 12.3. The van der Waals surface area contributed by atoms with E-state index in [1.54, 1.807) is 27.7 Å². The fourth-order valence-electron chi connectivity index (χ4n) is 0. The van der Waals surface area contributed by atoms with Gasteiger partial charge in [0.2, 0.25) is 0 Å². The van der Waals surface area contributed by atoms with E-state index in [0.717, 1.165) is 0 Å². The van der Waals surface area contributed by atoms with Gasteiger partial charge in [0, 0.05) is 0 Å². The molecule has 0 unspecified atom stereocenters. The Morgan fingerprint density at radius 3 is 0.867 bits per heavy atom. The number of rotatable bonds is 0. The quantitative estimate of drug-likeness (QED) is 0.320. The molecule has 0 N–H and O–H groups in total. The molecule has 0 aliphatic carbocycles. The van der Waals surface area contributed by atoms with Crippen molar-refractivity contribution < 1.29 is 51.7 Å². The predicted octanol–water partition coefficient (Wildman–Crippen LogP) is -4.01. The van der Waals surface area contributed by atoms with Gasteiger partial charge in [-0.3, -0.25) is 0 Å². The molecule has 0 atom stereocenters. The fourth-order valence-corrected chi connectivity index (χ4v) is 0. The van der Waals surface area contributed by atoms with Crippen molar-refractivity contribution in [2.75, 3.05) is 0 Å². The van der Waals surface area contributed by atoms with Crippen LogP contribution in [0.3, 0.4) is 0 Å². The Bertz CT molecular complexity index is 134. The SMILES string of the molecule is CC(C)[O-].CC(C)[O-].O=C([O-])C(=O)[O-].[Ti+4]. The van der Waals surface area contributed by atoms with Crippen LogP contribution in [0.1, 0.15) is 27.7 Å². The molecule has 0 heterocycles. The van der Waals surface area contributed by atoms with E-state index in [9.17, 15) is 10.2 Å². The van der Waals surface area contributed by atoms with E-state index in [-0.39, 0.29) is 21.7 Å². The molecule has 0 bridgehead atoms. The molecule has 86 valence electrons. The Morgan fingerprint density at radius 1 is 0.800 bits per heavy atom. The first kappa shape index (κ1) is 24.0. The summed E-state index contributed by atoms with van der Waals surface area (Å²) in [6.07, 6.45) is -0.833. The Labute approximate surface area is 104 Å². The Hall–Kier alpha value is -0.426. The molecule has 0 saturated heterocycles. The molecular weight excluding hydrogens is 240 g/mol. The summed E-state index contributed by atoms with van der Waals surface area (Å²) in [5.74, 6) is -4.37. The van der Waals surface area contributed by atoms with Gasteiger partial charge >= 0.3 is 21.7 Å². The number of carbonyl (C=O) groups excluding carboxylic acids is 2. The maximum atomic E-state index is 9.53. The summed E-state index contributed by atoms with van der Waals surface area (Å²) < 4.78 is 0. The van der Waals surface area contributed by atoms with Crippen LogP contribution in [0.25, 0.3) is 0 Å². The third-order valence-electron chi connectivity index (χ3n) is 0.167. The van der Waals surface area contributed by atoms with Crippen molar-refractivity contribution >= 4 is 11.9 Å². The molecule has 6 nitrogen and oxygen atoms in total. The van der Waals surface area contributed by atoms with Crippen LogP contribution in [0, 0.1) is 0 Å². The minimum absolute atomic E-state index is 0. The van der Waals surface area contributed by atoms with Gasteiger partial charge in [-0.25, -0.2) is 0 Å². The summed E-state index contributed by atoms with van der Waals surface area (Å²) >= 11 is 0. The van der Waals surface area contributed by atoms with Gasteiger partial charge < -0.3 is 30.0 Å². The summed E-state index contributed by atoms with van der Waals surface area (Å²) in [6.45, 7) is 6.44. The number of hydrogen-bond donors (Lipinski definition) is 0. The van der Waals surface area contributed by atoms with Gasteiger partial charge in [-0.05, 0) is 0 Å². The molecule has 0 saturated carbocycles. The number of carboxylic acid groups (broad SMARTS) is 2. The van der Waals surface area contributed by atoms with Crippen LogP contribution < -0.4 is 20.4 Å². The minimum atomic E-state index is -2.19. The summed E-state index contributed by atoms with van der Waals surface area (Å²) in [5.41, 5.74) is 0. The van der Waals surface area contributed by atoms with Crippen molar-refractivity contribution in [2.45, 2.75) is 39.9 Å². The second-order valence-electron chi connectivity index (χ2n) is 2.67. The molecule has 15 heavy (non-hydrogen) atoms. The molecule has 0 aromatic heterocycles. The van der Waals surface area contributed by atoms with E-state index < -0.39 is 24.1 Å². The van der Waals surface area contributed by atoms with Gasteiger partial charge in [-0.1, -0.05) is 27.7 Å². The first-order valence-corrected chi connectivity index (χ1v) is 3.85. The zero-order valence-corrected chi connectivity index (χ0v) is 10.7. The monoisotopic (exact) mass is 254 g/mol. The van der Waals surface area contributed by atoms with Crippen molar-refractivity contribution in [3.8, 4) is 0 Å². The van der Waals surface area contributed by atoms with E-state index in [2.05, 4.69) is 0 Å². The third-order valence-corrected chi connectivity index (χ3v) is 0.167. The van der Waals surface area contributed by atoms with Crippen LogP contribution in [0.4, 0.5) is 0 Å². The van der Waals surface area contributed by atoms with E-state index in [1.807, 2.05) is 0 Å². The predicted molar refractivity (Wildman–Crippen MR) is 40.3 cm³/mol. The summed E-state index contributed by atoms with van der Waals surface area (Å²) in [5, 5.41) is 36.9. The molecule has 0 rings (SSSR count). The van der Waals surface area contributed by atoms with Crippen molar-refractivity contribution in [3.63, 3.8) is 0 Å². The average Bonchev–Trinajstić information content (AvgIpc) is 1.83. The van der Waals surface area contributed by atoms with Gasteiger partial charge in [0.15, 0.2) is 0 Å². The Kier molecular flexibility index (Phi) is 25.7. The first-order valence-electron chi connectivity index (χ1n) is 3.85. The topological polar surface area (TPSA) is 126 Å². The number of carboxylic acids is 2. The Balaban J connectivity index is -0.0000000606. The number of aliphatic carboxylic acids is 2. The fraction of sp³-hybridized carbons (Fsp3) is 0.750. The average molecular weight is 254 g/mol. The van der Waals surface area contributed by atoms with E-state index in [4.69, 9.17) is 19.8 Å². The Morgan fingerprint density at radius 2 is 0.867 bits per heavy atom. The molecule has 0 radical (unpaired) electrons. The summed E-state index contributed by atoms with van der Waals surface area (Å²) in [7, 11) is 0. The van der Waals surface area contributed by atoms with Gasteiger partial charge in [0.1, 0.15) is 0 Å². The van der Waals surface area contributed by atoms with Crippen LogP contribution in [-0.2, 0) is 31.3 Å². The van der Waals surface area contributed by atoms with E-state index in [0.29, 0.717) is 0 Å². The largest absolute Gasteiger partial charge is 4.00 e. The standard InChI is InChI=1S/2C3H7O.C2H2O4.Ti/c2*1-3(2)4;3-1(4)2(5)6;/h2*3H,1-2H3;(H,3,4)(H,5,6);/q2*-1;;+4/p-2. The van der Waals surface area contributed by atoms with E-state index in [1.165, 1.54) is 0 Å². The number of carbonyl (C=O) groups is 2. The van der Waals surface area contributed by atoms with Crippen LogP contribution >= 0.6 is 0 Å². The third kappa shape index (κ3) is 142. The molecular formula is C8H14O6Ti. The van der Waals surface area contributed by atoms with Crippen LogP contribution in [0.15, 0.2) is 0 Å². The second-order valence-corrected chi connectivity index (χ2v) is 2.67. The normalized spacial score (nSPS) is 7.73. The van der Waals surface area contributed by atoms with Gasteiger partial charge in [0.25, 0.3) is 0 Å². The van der Waals surface area contributed by atoms with Crippen molar-refractivity contribution in [3.05, 3.63) is 0 Å². The molecule has 0 amide bonds. The number of hydrogen-bond acceptors (Lipinski definition) is 6. The molecule has 0 aliphatic heterocycles. The van der Waals surface area contributed by atoms with Gasteiger partial charge in [0.05, 0.1) is 11.9 Å². The molecule has 0 spiro atoms. The second kappa shape index (κ2) is 16.0. The molecule has 7 heteroatoms. The molecule has 0 fully saturated rings. The van der Waals surface area contributed by atoms with Crippen LogP contribution in [0.5, 0.6) is 0 Å². The summed E-state index contributed by atoms with van der Waals surface area (Å²) in [4.78, 5) is 17.9. The van der Waals surface area contributed by atoms with Crippen molar-refractivity contribution in [1.82, 2.24) is 0 Å². The first-order chi connectivity index (χ1) is 6.11. The van der Waals surface area contributed by atoms with E-state index >= 15 is 0 Å². The minimum Gasteiger partial charge on any atom is -0.852 e. The molecule has 0 aliphatic rings. The van der Waals surface area contributed by atoms with Crippen LogP contribution in [-0.4, -0.2) is 24.1 Å². The van der Waals surface area contributed by atoms with Crippen molar-refractivity contribution in [2.24, 2.45) is 0 Å². The maximum Gasteiger partial charge on any atom is 4.00 e. The maximum absolute atomic E-state index is 9.53. The summed E-state index contributed by atoms with van der Waals surface area (Å²) in [6, 6.07) is 0. The van der Waals surface area contributed by atoms with Gasteiger partial charge in [-0.15, -0.1) is 12.2 Å². The smallest absolute Gasteiger partial charge is 0.852 e. The van der Waals surface area contributed by atoms with Crippen molar-refractivity contribution in [1.29, 1.82) is 0 Å². The molecule has 0 aromatic rings. The zero-order valence-electron chi connectivity index (χ0n) is 9.10. The van der Waals surface area contributed by atoms with Gasteiger partial charge in [-0.2, -0.15) is 0 Å². The van der Waals surface area contributed by atoms with Crippen LogP contribution in [0.2, 0.25) is 0 Å². The molecule has 0 aromatic carbocycles.